The number of carbonyl (C=O) groups is 1. The monoisotopic (exact) mass is 337 g/mol. The SMILES string of the molecule is CC(=O)Nc1cc(NCc2cncc(Br)c2)ccc1F. The molecule has 2 aromatic rings. The van der Waals surface area contributed by atoms with Gasteiger partial charge in [0.05, 0.1) is 5.69 Å². The van der Waals surface area contributed by atoms with Crippen LogP contribution in [-0.2, 0) is 11.3 Å². The Balaban J connectivity index is 2.08. The van der Waals surface area contributed by atoms with Crippen LogP contribution in [0.15, 0.2) is 41.1 Å². The molecular weight excluding hydrogens is 325 g/mol. The molecule has 0 bridgehead atoms. The Bertz CT molecular complexity index is 634. The first-order chi connectivity index (χ1) is 9.54. The second-order valence-corrected chi connectivity index (χ2v) is 5.16. The minimum absolute atomic E-state index is 0.162. The molecule has 0 saturated heterocycles. The Labute approximate surface area is 124 Å². The smallest absolute Gasteiger partial charge is 0.221 e. The maximum Gasteiger partial charge on any atom is 0.221 e. The molecule has 0 aliphatic heterocycles. The second kappa shape index (κ2) is 6.47. The fourth-order valence-electron chi connectivity index (χ4n) is 1.68. The summed E-state index contributed by atoms with van der Waals surface area (Å²) >= 11 is 3.35. The predicted octanol–water partition coefficient (Wildman–Crippen LogP) is 3.55. The number of benzene rings is 1. The molecule has 0 aliphatic carbocycles. The lowest BCUT2D eigenvalue weighted by molar-refractivity contribution is -0.114. The fraction of sp³-hybridized carbons (Fsp3) is 0.143. The van der Waals surface area contributed by atoms with E-state index < -0.39 is 5.82 Å². The van der Waals surface area contributed by atoms with Crippen LogP contribution >= 0.6 is 15.9 Å². The third kappa shape index (κ3) is 4.03. The molecule has 6 heteroatoms. The normalized spacial score (nSPS) is 10.2. The summed E-state index contributed by atoms with van der Waals surface area (Å²) in [4.78, 5) is 15.0. The van der Waals surface area contributed by atoms with E-state index in [9.17, 15) is 9.18 Å². The lowest BCUT2D eigenvalue weighted by atomic mass is 10.2. The van der Waals surface area contributed by atoms with E-state index in [0.717, 1.165) is 15.7 Å². The molecule has 0 radical (unpaired) electrons. The number of hydrogen-bond donors (Lipinski definition) is 2. The number of carbonyl (C=O) groups excluding carboxylic acids is 1. The first-order valence-corrected chi connectivity index (χ1v) is 6.74. The molecule has 104 valence electrons. The third-order valence-corrected chi connectivity index (χ3v) is 2.97. The van der Waals surface area contributed by atoms with Gasteiger partial charge in [0.15, 0.2) is 0 Å². The molecule has 0 atom stereocenters. The number of hydrogen-bond acceptors (Lipinski definition) is 3. The fourth-order valence-corrected chi connectivity index (χ4v) is 2.09. The standard InChI is InChI=1S/C14H13BrFN3O/c1-9(20)19-14-5-12(2-3-13(14)16)18-7-10-4-11(15)8-17-6-10/h2-6,8,18H,7H2,1H3,(H,19,20). The van der Waals surface area contributed by atoms with E-state index in [4.69, 9.17) is 0 Å². The molecule has 1 heterocycles. The quantitative estimate of drug-likeness (QED) is 0.896. The Kier molecular flexibility index (Phi) is 4.68. The summed E-state index contributed by atoms with van der Waals surface area (Å²) in [6, 6.07) is 6.43. The highest BCUT2D eigenvalue weighted by Crippen LogP contribution is 2.20. The van der Waals surface area contributed by atoms with Gasteiger partial charge in [-0.1, -0.05) is 0 Å². The molecule has 20 heavy (non-hydrogen) atoms. The van der Waals surface area contributed by atoms with Crippen LogP contribution in [0.2, 0.25) is 0 Å². The van der Waals surface area contributed by atoms with E-state index in [1.165, 1.54) is 13.0 Å². The molecule has 0 unspecified atom stereocenters. The summed E-state index contributed by atoms with van der Waals surface area (Å²) in [7, 11) is 0. The van der Waals surface area contributed by atoms with Crippen molar-refractivity contribution in [2.45, 2.75) is 13.5 Å². The van der Waals surface area contributed by atoms with Gasteiger partial charge in [0.1, 0.15) is 5.82 Å². The first kappa shape index (κ1) is 14.5. The Morgan fingerprint density at radius 2 is 2.15 bits per heavy atom. The van der Waals surface area contributed by atoms with Crippen molar-refractivity contribution >= 4 is 33.2 Å². The van der Waals surface area contributed by atoms with Gasteiger partial charge in [-0.15, -0.1) is 0 Å². The predicted molar refractivity (Wildman–Crippen MR) is 80.0 cm³/mol. The summed E-state index contributed by atoms with van der Waals surface area (Å²) in [6.07, 6.45) is 3.45. The summed E-state index contributed by atoms with van der Waals surface area (Å²) in [5.41, 5.74) is 1.87. The van der Waals surface area contributed by atoms with Crippen molar-refractivity contribution in [3.05, 3.63) is 52.5 Å². The molecule has 0 saturated carbocycles. The second-order valence-electron chi connectivity index (χ2n) is 4.24. The largest absolute Gasteiger partial charge is 0.381 e. The van der Waals surface area contributed by atoms with Crippen molar-refractivity contribution in [2.24, 2.45) is 0 Å². The van der Waals surface area contributed by atoms with Gasteiger partial charge < -0.3 is 10.6 Å². The van der Waals surface area contributed by atoms with E-state index in [0.29, 0.717) is 6.54 Å². The minimum Gasteiger partial charge on any atom is -0.381 e. The molecule has 1 aromatic heterocycles. The maximum absolute atomic E-state index is 13.5. The number of anilines is 2. The lowest BCUT2D eigenvalue weighted by Gasteiger charge is -2.10. The van der Waals surface area contributed by atoms with Gasteiger partial charge in [0.2, 0.25) is 5.91 Å². The van der Waals surface area contributed by atoms with Crippen molar-refractivity contribution in [3.63, 3.8) is 0 Å². The number of amides is 1. The van der Waals surface area contributed by atoms with Crippen LogP contribution in [-0.4, -0.2) is 10.9 Å². The number of nitrogens with zero attached hydrogens (tertiary/aromatic N) is 1. The number of halogens is 2. The van der Waals surface area contributed by atoms with Crippen LogP contribution in [0.5, 0.6) is 0 Å². The summed E-state index contributed by atoms with van der Waals surface area (Å²) in [6.45, 7) is 1.89. The molecule has 4 nitrogen and oxygen atoms in total. The Hall–Kier alpha value is -1.95. The molecule has 0 spiro atoms. The minimum atomic E-state index is -0.463. The first-order valence-electron chi connectivity index (χ1n) is 5.95. The summed E-state index contributed by atoms with van der Waals surface area (Å²) < 4.78 is 14.4. The molecular formula is C14H13BrFN3O. The van der Waals surface area contributed by atoms with Crippen LogP contribution in [0.25, 0.3) is 0 Å². The zero-order valence-corrected chi connectivity index (χ0v) is 12.4. The van der Waals surface area contributed by atoms with Gasteiger partial charge in [-0.25, -0.2) is 4.39 Å². The van der Waals surface area contributed by atoms with Crippen molar-refractivity contribution in [1.82, 2.24) is 4.98 Å². The van der Waals surface area contributed by atoms with Crippen LogP contribution in [0.1, 0.15) is 12.5 Å². The molecule has 1 amide bonds. The van der Waals surface area contributed by atoms with Gasteiger partial charge in [-0.05, 0) is 45.8 Å². The molecule has 2 rings (SSSR count). The van der Waals surface area contributed by atoms with Gasteiger partial charge in [0.25, 0.3) is 0 Å². The van der Waals surface area contributed by atoms with E-state index in [2.05, 4.69) is 31.5 Å². The van der Waals surface area contributed by atoms with Crippen molar-refractivity contribution < 1.29 is 9.18 Å². The van der Waals surface area contributed by atoms with Crippen molar-refractivity contribution in [2.75, 3.05) is 10.6 Å². The van der Waals surface area contributed by atoms with Crippen molar-refractivity contribution in [3.8, 4) is 0 Å². The molecule has 0 aliphatic rings. The summed E-state index contributed by atoms with van der Waals surface area (Å²) in [5, 5.41) is 5.60. The van der Waals surface area contributed by atoms with E-state index in [-0.39, 0.29) is 11.6 Å². The zero-order valence-electron chi connectivity index (χ0n) is 10.8. The van der Waals surface area contributed by atoms with Gasteiger partial charge >= 0.3 is 0 Å². The highest BCUT2D eigenvalue weighted by atomic mass is 79.9. The Morgan fingerprint density at radius 1 is 1.35 bits per heavy atom. The lowest BCUT2D eigenvalue weighted by Crippen LogP contribution is -2.08. The van der Waals surface area contributed by atoms with Gasteiger partial charge in [-0.3, -0.25) is 9.78 Å². The number of nitrogens with one attached hydrogen (secondary N) is 2. The highest BCUT2D eigenvalue weighted by Gasteiger charge is 2.05. The Morgan fingerprint density at radius 3 is 2.85 bits per heavy atom. The average molecular weight is 338 g/mol. The highest BCUT2D eigenvalue weighted by molar-refractivity contribution is 9.10. The van der Waals surface area contributed by atoms with E-state index in [1.807, 2.05) is 6.07 Å². The number of rotatable bonds is 4. The average Bonchev–Trinajstić information content (AvgIpc) is 2.39. The van der Waals surface area contributed by atoms with Gasteiger partial charge in [0, 0.05) is 36.0 Å². The number of pyridine rings is 1. The number of aromatic nitrogens is 1. The molecule has 0 fully saturated rings. The van der Waals surface area contributed by atoms with Crippen LogP contribution in [0.3, 0.4) is 0 Å². The summed E-state index contributed by atoms with van der Waals surface area (Å²) in [5.74, 6) is -0.771. The zero-order chi connectivity index (χ0) is 14.5. The van der Waals surface area contributed by atoms with Gasteiger partial charge in [-0.2, -0.15) is 0 Å². The molecule has 1 aromatic carbocycles. The van der Waals surface area contributed by atoms with Crippen molar-refractivity contribution in [1.29, 1.82) is 0 Å². The van der Waals surface area contributed by atoms with E-state index in [1.54, 1.807) is 24.5 Å². The topological polar surface area (TPSA) is 54.0 Å². The van der Waals surface area contributed by atoms with E-state index >= 15 is 0 Å². The molecule has 2 N–H and O–H groups in total. The maximum atomic E-state index is 13.5. The van der Waals surface area contributed by atoms with Crippen LogP contribution in [0.4, 0.5) is 15.8 Å². The third-order valence-electron chi connectivity index (χ3n) is 2.54. The van der Waals surface area contributed by atoms with Crippen LogP contribution in [0, 0.1) is 5.82 Å². The van der Waals surface area contributed by atoms with Crippen LogP contribution < -0.4 is 10.6 Å².